The van der Waals surface area contributed by atoms with Crippen LogP contribution in [0.1, 0.15) is 71.1 Å². The van der Waals surface area contributed by atoms with Crippen LogP contribution in [0.2, 0.25) is 0 Å². The molecule has 2 aromatic heterocycles. The van der Waals surface area contributed by atoms with Gasteiger partial charge in [0.25, 0.3) is 5.91 Å². The second-order valence-electron chi connectivity index (χ2n) is 16.1. The van der Waals surface area contributed by atoms with Crippen LogP contribution in [0.15, 0.2) is 54.9 Å². The molecule has 6 rings (SSSR count). The standard InChI is InChI=1S/C43H54N6O7/c1-8-48-37-12-11-28-20-32(37)33(39(48)34-22-44-14-13-29(34)23-55-7)21-43(5,6)24-56-42(54)35-10-9-15-49(47-35)41(53)36(18-27-16-30(28)19-31(51)17-27)46-40(52)38(25(2)3)45-26(4)50/h11-14,16-17,19-20,22,25,35-36,38,47,51H,8-10,15,18,21,23-24H2,1-7H3,(H,45,50)(H,46,52)/t35-,36-,38-/m0/s1. The fourth-order valence-corrected chi connectivity index (χ4v) is 7.95. The van der Waals surface area contributed by atoms with Crippen molar-refractivity contribution in [2.24, 2.45) is 11.3 Å². The second-order valence-corrected chi connectivity index (χ2v) is 16.1. The number of nitrogens with one attached hydrogen (secondary N) is 3. The summed E-state index contributed by atoms with van der Waals surface area (Å²) in [5.74, 6) is -2.04. The van der Waals surface area contributed by atoms with Crippen LogP contribution in [0.25, 0.3) is 33.3 Å². The van der Waals surface area contributed by atoms with Gasteiger partial charge in [-0.25, -0.2) is 5.43 Å². The third-order valence-electron chi connectivity index (χ3n) is 10.6. The summed E-state index contributed by atoms with van der Waals surface area (Å²) in [5, 5.41) is 19.1. The van der Waals surface area contributed by atoms with Crippen molar-refractivity contribution in [3.05, 3.63) is 71.5 Å². The van der Waals surface area contributed by atoms with Gasteiger partial charge < -0.3 is 29.8 Å². The Balaban J connectivity index is 1.52. The van der Waals surface area contributed by atoms with E-state index in [4.69, 9.17) is 9.47 Å². The van der Waals surface area contributed by atoms with Crippen LogP contribution in [0.3, 0.4) is 0 Å². The Morgan fingerprint density at radius 3 is 2.62 bits per heavy atom. The number of aromatic nitrogens is 2. The molecule has 56 heavy (non-hydrogen) atoms. The van der Waals surface area contributed by atoms with E-state index in [9.17, 15) is 24.3 Å². The molecule has 3 amide bonds. The van der Waals surface area contributed by atoms with Gasteiger partial charge in [-0.3, -0.25) is 29.2 Å². The molecule has 13 nitrogen and oxygen atoms in total. The number of methoxy groups -OCH3 is 1. The number of ether oxygens (including phenoxy) is 2. The number of cyclic esters (lactones) is 1. The quantitative estimate of drug-likeness (QED) is 0.180. The van der Waals surface area contributed by atoms with Gasteiger partial charge in [-0.2, -0.15) is 0 Å². The van der Waals surface area contributed by atoms with E-state index in [2.05, 4.69) is 58.5 Å². The normalized spacial score (nSPS) is 19.3. The molecule has 0 saturated carbocycles. The highest BCUT2D eigenvalue weighted by atomic mass is 16.5. The number of phenols is 1. The maximum absolute atomic E-state index is 14.3. The smallest absolute Gasteiger partial charge is 0.324 e. The summed E-state index contributed by atoms with van der Waals surface area (Å²) in [6.07, 6.45) is 5.24. The van der Waals surface area contributed by atoms with Gasteiger partial charge in [0.2, 0.25) is 11.8 Å². The molecular formula is C43H54N6O7. The molecule has 298 valence electrons. The van der Waals surface area contributed by atoms with Gasteiger partial charge in [-0.05, 0) is 90.3 Å². The zero-order valence-corrected chi connectivity index (χ0v) is 33.4. The van der Waals surface area contributed by atoms with E-state index in [-0.39, 0.29) is 30.6 Å². The van der Waals surface area contributed by atoms with Crippen LogP contribution < -0.4 is 16.1 Å². The SMILES string of the molecule is CCn1c(-c2cnccc2COC)c2c3cc(ccc31)-c1cc(O)cc(c1)C[C@H](NC(=O)[C@@H](NC(C)=O)C(C)C)C(=O)N1CCC[C@H](N1)C(=O)OCC(C)(C)C2. The van der Waals surface area contributed by atoms with Gasteiger partial charge >= 0.3 is 5.97 Å². The average Bonchev–Trinajstić information content (AvgIpc) is 3.46. The Morgan fingerprint density at radius 1 is 1.12 bits per heavy atom. The number of amides is 3. The van der Waals surface area contributed by atoms with Crippen molar-refractivity contribution in [2.75, 3.05) is 20.3 Å². The minimum absolute atomic E-state index is 0.00878. The number of aromatic hydroxyl groups is 1. The largest absolute Gasteiger partial charge is 0.508 e. The maximum Gasteiger partial charge on any atom is 0.324 e. The van der Waals surface area contributed by atoms with Crippen molar-refractivity contribution in [3.8, 4) is 28.1 Å². The van der Waals surface area contributed by atoms with Crippen molar-refractivity contribution in [1.82, 2.24) is 30.6 Å². The zero-order chi connectivity index (χ0) is 40.3. The molecule has 0 radical (unpaired) electrons. The highest BCUT2D eigenvalue weighted by molar-refractivity contribution is 5.96. The molecule has 13 heteroatoms. The average molecular weight is 767 g/mol. The van der Waals surface area contributed by atoms with Crippen LogP contribution in [0, 0.1) is 11.3 Å². The molecule has 6 bridgehead atoms. The van der Waals surface area contributed by atoms with E-state index < -0.39 is 41.3 Å². The molecular weight excluding hydrogens is 713 g/mol. The Bertz CT molecular complexity index is 2120. The molecule has 2 aliphatic heterocycles. The Morgan fingerprint density at radius 2 is 1.91 bits per heavy atom. The first kappa shape index (κ1) is 40.4. The van der Waals surface area contributed by atoms with Crippen molar-refractivity contribution < 1.29 is 33.8 Å². The molecule has 3 atom stereocenters. The third kappa shape index (κ3) is 8.74. The van der Waals surface area contributed by atoms with Crippen LogP contribution in [-0.4, -0.2) is 81.7 Å². The fourth-order valence-electron chi connectivity index (χ4n) is 7.95. The van der Waals surface area contributed by atoms with Crippen LogP contribution in [-0.2, 0) is 54.6 Å². The van der Waals surface area contributed by atoms with E-state index >= 15 is 0 Å². The number of benzene rings is 2. The molecule has 4 heterocycles. The molecule has 0 unspecified atom stereocenters. The summed E-state index contributed by atoms with van der Waals surface area (Å²) in [6.45, 7) is 12.7. The summed E-state index contributed by atoms with van der Waals surface area (Å²) in [4.78, 5) is 58.3. The topological polar surface area (TPSA) is 164 Å². The first-order valence-electron chi connectivity index (χ1n) is 19.4. The zero-order valence-electron chi connectivity index (χ0n) is 33.4. The van der Waals surface area contributed by atoms with Gasteiger partial charge in [-0.15, -0.1) is 0 Å². The second kappa shape index (κ2) is 16.8. The lowest BCUT2D eigenvalue weighted by atomic mass is 9.84. The summed E-state index contributed by atoms with van der Waals surface area (Å²) < 4.78 is 13.9. The van der Waals surface area contributed by atoms with Crippen LogP contribution in [0.5, 0.6) is 5.75 Å². The highest BCUT2D eigenvalue weighted by Crippen LogP contribution is 2.41. The number of esters is 1. The molecule has 1 saturated heterocycles. The number of hydrazine groups is 1. The van der Waals surface area contributed by atoms with E-state index in [1.165, 1.54) is 11.9 Å². The van der Waals surface area contributed by atoms with Crippen molar-refractivity contribution >= 4 is 34.6 Å². The lowest BCUT2D eigenvalue weighted by Crippen LogP contribution is -2.62. The molecule has 1 fully saturated rings. The molecule has 4 N–H and O–H groups in total. The number of rotatable bonds is 8. The lowest BCUT2D eigenvalue weighted by Gasteiger charge is -2.36. The van der Waals surface area contributed by atoms with Gasteiger partial charge in [0, 0.05) is 67.8 Å². The number of nitrogens with zero attached hydrogens (tertiary/aromatic N) is 3. The number of hydrogen-bond donors (Lipinski definition) is 4. The minimum Gasteiger partial charge on any atom is -0.508 e. The predicted molar refractivity (Wildman–Crippen MR) is 213 cm³/mol. The first-order chi connectivity index (χ1) is 26.7. The number of phenolic OH excluding ortho intramolecular Hbond substituents is 1. The van der Waals surface area contributed by atoms with E-state index in [0.29, 0.717) is 44.5 Å². The molecule has 0 aliphatic carbocycles. The number of carbonyl (C=O) groups is 4. The van der Waals surface area contributed by atoms with E-state index in [1.54, 1.807) is 25.4 Å². The number of aryl methyl sites for hydroxylation is 1. The Labute approximate surface area is 328 Å². The molecule has 0 spiro atoms. The predicted octanol–water partition coefficient (Wildman–Crippen LogP) is 5.05. The Hall–Kier alpha value is -5.27. The first-order valence-corrected chi connectivity index (χ1v) is 19.4. The number of fused-ring (bicyclic) bond motifs is 6. The molecule has 2 aromatic carbocycles. The summed E-state index contributed by atoms with van der Waals surface area (Å²) in [5.41, 5.74) is 9.85. The lowest BCUT2D eigenvalue weighted by molar-refractivity contribution is -0.155. The maximum atomic E-state index is 14.3. The van der Waals surface area contributed by atoms with Crippen molar-refractivity contribution in [2.45, 2.75) is 98.5 Å². The summed E-state index contributed by atoms with van der Waals surface area (Å²) in [7, 11) is 1.67. The number of carbonyl (C=O) groups excluding carboxylic acids is 4. The third-order valence-corrected chi connectivity index (χ3v) is 10.6. The van der Waals surface area contributed by atoms with Crippen molar-refractivity contribution in [1.29, 1.82) is 0 Å². The van der Waals surface area contributed by atoms with Crippen molar-refractivity contribution in [3.63, 3.8) is 0 Å². The summed E-state index contributed by atoms with van der Waals surface area (Å²) >= 11 is 0. The molecule has 2 aliphatic rings. The van der Waals surface area contributed by atoms with Gasteiger partial charge in [0.15, 0.2) is 0 Å². The Kier molecular flexibility index (Phi) is 12.2. The molecule has 4 aromatic rings. The van der Waals surface area contributed by atoms with Crippen LogP contribution in [0.4, 0.5) is 0 Å². The van der Waals surface area contributed by atoms with Gasteiger partial charge in [-0.1, -0.05) is 39.8 Å². The highest BCUT2D eigenvalue weighted by Gasteiger charge is 2.36. The van der Waals surface area contributed by atoms with E-state index in [0.717, 1.165) is 44.4 Å². The monoisotopic (exact) mass is 766 g/mol. The summed E-state index contributed by atoms with van der Waals surface area (Å²) in [6, 6.07) is 10.7. The fraction of sp³-hybridized carbons (Fsp3) is 0.465. The number of hydrogen-bond acceptors (Lipinski definition) is 9. The van der Waals surface area contributed by atoms with E-state index in [1.807, 2.05) is 38.2 Å². The van der Waals surface area contributed by atoms with Crippen LogP contribution >= 0.6 is 0 Å². The van der Waals surface area contributed by atoms with Gasteiger partial charge in [0.1, 0.15) is 23.9 Å². The minimum atomic E-state index is -1.09. The number of pyridine rings is 1. The van der Waals surface area contributed by atoms with Gasteiger partial charge in [0.05, 0.1) is 18.9 Å².